The molecule has 2 heterocycles. The van der Waals surface area contributed by atoms with Gasteiger partial charge in [-0.05, 0) is 32.9 Å². The quantitative estimate of drug-likeness (QED) is 0.919. The smallest absolute Gasteiger partial charge is 0.408 e. The zero-order valence-corrected chi connectivity index (χ0v) is 14.7. The Hall–Kier alpha value is -2.41. The Morgan fingerprint density at radius 2 is 1.88 bits per heavy atom. The summed E-state index contributed by atoms with van der Waals surface area (Å²) in [5.74, 6) is 0.868. The molecule has 3 rings (SSSR count). The maximum Gasteiger partial charge on any atom is 0.408 e. The molecule has 0 atom stereocenters. The molecule has 0 spiro atoms. The summed E-state index contributed by atoms with van der Waals surface area (Å²) in [4.78, 5) is 16.8. The number of benzene rings is 1. The zero-order valence-electron chi connectivity index (χ0n) is 14.7. The van der Waals surface area contributed by atoms with Crippen LogP contribution in [0.5, 0.6) is 0 Å². The van der Waals surface area contributed by atoms with Gasteiger partial charge in [0, 0.05) is 31.6 Å². The number of rotatable bonds is 3. The highest BCUT2D eigenvalue weighted by Gasteiger charge is 2.41. The predicted octanol–water partition coefficient (Wildman–Crippen LogP) is 3.27. The Morgan fingerprint density at radius 1 is 1.20 bits per heavy atom. The predicted molar refractivity (Wildman–Crippen MR) is 90.8 cm³/mol. The molecule has 1 amide bonds. The van der Waals surface area contributed by atoms with Gasteiger partial charge in [0.25, 0.3) is 5.89 Å². The van der Waals surface area contributed by atoms with Crippen LogP contribution in [-0.2, 0) is 15.0 Å². The molecule has 25 heavy (non-hydrogen) atoms. The van der Waals surface area contributed by atoms with Crippen LogP contribution in [0.15, 0.2) is 34.9 Å². The highest BCUT2D eigenvalue weighted by atomic mass is 16.6. The molecule has 1 saturated heterocycles. The number of carbonyl (C=O) groups is 1. The number of ether oxygens (including phenoxy) is 2. The maximum absolute atomic E-state index is 12.3. The Morgan fingerprint density at radius 3 is 2.52 bits per heavy atom. The van der Waals surface area contributed by atoms with E-state index >= 15 is 0 Å². The van der Waals surface area contributed by atoms with E-state index in [-0.39, 0.29) is 0 Å². The van der Waals surface area contributed by atoms with Crippen LogP contribution in [0.4, 0.5) is 4.79 Å². The molecule has 0 unspecified atom stereocenters. The Labute approximate surface area is 146 Å². The third-order valence-corrected chi connectivity index (χ3v) is 3.96. The van der Waals surface area contributed by atoms with Crippen molar-refractivity contribution in [3.8, 4) is 11.5 Å². The van der Waals surface area contributed by atoms with Gasteiger partial charge in [0.2, 0.25) is 0 Å². The Kier molecular flexibility index (Phi) is 4.76. The van der Waals surface area contributed by atoms with Crippen molar-refractivity contribution >= 4 is 6.09 Å². The number of aromatic nitrogens is 2. The molecule has 2 aromatic rings. The van der Waals surface area contributed by atoms with Crippen molar-refractivity contribution in [1.82, 2.24) is 15.5 Å². The molecule has 1 N–H and O–H groups in total. The van der Waals surface area contributed by atoms with E-state index in [1.165, 1.54) is 0 Å². The molecule has 0 radical (unpaired) electrons. The minimum atomic E-state index is -0.753. The van der Waals surface area contributed by atoms with Crippen molar-refractivity contribution in [1.29, 1.82) is 0 Å². The van der Waals surface area contributed by atoms with Gasteiger partial charge in [-0.15, -0.1) is 0 Å². The molecular formula is C18H23N3O4. The standard InChI is InChI=1S/C18H23N3O4/c1-17(2,3)24-16(22)20-18(9-11-23-12-10-18)15-19-14(25-21-15)13-7-5-4-6-8-13/h4-8H,9-12H2,1-3H3,(H,20,22). The second-order valence-electron chi connectivity index (χ2n) is 7.11. The second kappa shape index (κ2) is 6.84. The van der Waals surface area contributed by atoms with E-state index in [2.05, 4.69) is 15.5 Å². The van der Waals surface area contributed by atoms with Crippen LogP contribution < -0.4 is 5.32 Å². The van der Waals surface area contributed by atoms with E-state index in [9.17, 15) is 4.79 Å². The fourth-order valence-corrected chi connectivity index (χ4v) is 2.74. The lowest BCUT2D eigenvalue weighted by atomic mass is 9.89. The fraction of sp³-hybridized carbons (Fsp3) is 0.500. The van der Waals surface area contributed by atoms with Crippen molar-refractivity contribution in [2.75, 3.05) is 13.2 Å². The molecule has 1 aliphatic heterocycles. The summed E-state index contributed by atoms with van der Waals surface area (Å²) < 4.78 is 16.3. The number of alkyl carbamates (subject to hydrolysis) is 1. The Bertz CT molecular complexity index is 715. The Balaban J connectivity index is 1.86. The van der Waals surface area contributed by atoms with E-state index in [1.807, 2.05) is 51.1 Å². The van der Waals surface area contributed by atoms with Crippen LogP contribution in [0.3, 0.4) is 0 Å². The number of nitrogens with one attached hydrogen (secondary N) is 1. The van der Waals surface area contributed by atoms with Crippen molar-refractivity contribution < 1.29 is 18.8 Å². The van der Waals surface area contributed by atoms with Crippen LogP contribution in [0.25, 0.3) is 11.5 Å². The highest BCUT2D eigenvalue weighted by molar-refractivity contribution is 5.69. The number of hydrogen-bond donors (Lipinski definition) is 1. The first-order valence-electron chi connectivity index (χ1n) is 8.37. The first-order chi connectivity index (χ1) is 11.9. The molecule has 7 nitrogen and oxygen atoms in total. The van der Waals surface area contributed by atoms with E-state index in [1.54, 1.807) is 0 Å². The third-order valence-electron chi connectivity index (χ3n) is 3.96. The average Bonchev–Trinajstić information content (AvgIpc) is 3.05. The van der Waals surface area contributed by atoms with Gasteiger partial charge < -0.3 is 19.3 Å². The minimum Gasteiger partial charge on any atom is -0.444 e. The van der Waals surface area contributed by atoms with Gasteiger partial charge in [-0.3, -0.25) is 0 Å². The van der Waals surface area contributed by atoms with E-state index in [0.29, 0.717) is 37.8 Å². The van der Waals surface area contributed by atoms with Gasteiger partial charge in [-0.1, -0.05) is 23.4 Å². The number of hydrogen-bond acceptors (Lipinski definition) is 6. The van der Waals surface area contributed by atoms with Crippen LogP contribution in [0.2, 0.25) is 0 Å². The van der Waals surface area contributed by atoms with Gasteiger partial charge in [0.15, 0.2) is 5.82 Å². The summed E-state index contributed by atoms with van der Waals surface area (Å²) in [5.41, 5.74) is -0.499. The molecule has 1 aromatic carbocycles. The molecule has 1 aromatic heterocycles. The lowest BCUT2D eigenvalue weighted by Gasteiger charge is -2.35. The fourth-order valence-electron chi connectivity index (χ4n) is 2.74. The monoisotopic (exact) mass is 345 g/mol. The lowest BCUT2D eigenvalue weighted by Crippen LogP contribution is -2.51. The number of nitrogens with zero attached hydrogens (tertiary/aromatic N) is 2. The van der Waals surface area contributed by atoms with Crippen LogP contribution in [-0.4, -0.2) is 35.0 Å². The van der Waals surface area contributed by atoms with E-state index < -0.39 is 17.2 Å². The summed E-state index contributed by atoms with van der Waals surface area (Å²) in [6, 6.07) is 9.53. The molecule has 7 heteroatoms. The zero-order chi connectivity index (χ0) is 17.9. The number of carbonyl (C=O) groups excluding carboxylic acids is 1. The molecule has 134 valence electrons. The van der Waals surface area contributed by atoms with Gasteiger partial charge in [-0.2, -0.15) is 4.98 Å². The van der Waals surface area contributed by atoms with Crippen LogP contribution in [0.1, 0.15) is 39.4 Å². The van der Waals surface area contributed by atoms with Gasteiger partial charge in [0.1, 0.15) is 11.1 Å². The largest absolute Gasteiger partial charge is 0.444 e. The molecule has 0 aliphatic carbocycles. The van der Waals surface area contributed by atoms with E-state index in [0.717, 1.165) is 5.56 Å². The summed E-state index contributed by atoms with van der Waals surface area (Å²) in [6.07, 6.45) is 0.612. The maximum atomic E-state index is 12.3. The summed E-state index contributed by atoms with van der Waals surface area (Å²) in [5, 5.41) is 7.07. The number of amides is 1. The van der Waals surface area contributed by atoms with Crippen molar-refractivity contribution in [3.05, 3.63) is 36.2 Å². The minimum absolute atomic E-state index is 0.424. The normalized spacial score (nSPS) is 17.1. The highest BCUT2D eigenvalue weighted by Crippen LogP contribution is 2.32. The molecular weight excluding hydrogens is 322 g/mol. The van der Waals surface area contributed by atoms with Crippen LogP contribution >= 0.6 is 0 Å². The molecule has 0 saturated carbocycles. The molecule has 1 fully saturated rings. The van der Waals surface area contributed by atoms with Crippen molar-refractivity contribution in [3.63, 3.8) is 0 Å². The molecule has 0 bridgehead atoms. The first-order valence-corrected chi connectivity index (χ1v) is 8.37. The second-order valence-corrected chi connectivity index (χ2v) is 7.11. The lowest BCUT2D eigenvalue weighted by molar-refractivity contribution is 0.0126. The summed E-state index contributed by atoms with van der Waals surface area (Å²) in [6.45, 7) is 6.48. The van der Waals surface area contributed by atoms with Gasteiger partial charge in [0.05, 0.1) is 0 Å². The summed E-state index contributed by atoms with van der Waals surface area (Å²) in [7, 11) is 0. The van der Waals surface area contributed by atoms with E-state index in [4.69, 9.17) is 14.0 Å². The SMILES string of the molecule is CC(C)(C)OC(=O)NC1(c2noc(-c3ccccc3)n2)CCOCC1. The summed E-state index contributed by atoms with van der Waals surface area (Å²) >= 11 is 0. The van der Waals surface area contributed by atoms with Crippen LogP contribution in [0, 0.1) is 0 Å². The van der Waals surface area contributed by atoms with Crippen molar-refractivity contribution in [2.24, 2.45) is 0 Å². The van der Waals surface area contributed by atoms with Gasteiger partial charge >= 0.3 is 6.09 Å². The topological polar surface area (TPSA) is 86.5 Å². The first kappa shape index (κ1) is 17.4. The van der Waals surface area contributed by atoms with Gasteiger partial charge in [-0.25, -0.2) is 4.79 Å². The molecule has 1 aliphatic rings. The average molecular weight is 345 g/mol. The third kappa shape index (κ3) is 4.17. The van der Waals surface area contributed by atoms with Crippen molar-refractivity contribution in [2.45, 2.75) is 44.8 Å².